The van der Waals surface area contributed by atoms with Crippen LogP contribution in [0.3, 0.4) is 0 Å². The molecule has 0 aliphatic carbocycles. The summed E-state index contributed by atoms with van der Waals surface area (Å²) in [5, 5.41) is 0. The van der Waals surface area contributed by atoms with E-state index in [9.17, 15) is 4.79 Å². The molecule has 0 bridgehead atoms. The minimum absolute atomic E-state index is 0.222. The second kappa shape index (κ2) is 6.50. The first kappa shape index (κ1) is 16.1. The molecule has 1 saturated heterocycles. The van der Waals surface area contributed by atoms with Crippen molar-refractivity contribution < 1.29 is 4.74 Å². The van der Waals surface area contributed by atoms with Crippen LogP contribution in [0, 0.1) is 5.92 Å². The number of benzene rings is 1. The highest BCUT2D eigenvalue weighted by molar-refractivity contribution is 5.46. The van der Waals surface area contributed by atoms with Crippen LogP contribution in [0.15, 0.2) is 35.3 Å². The van der Waals surface area contributed by atoms with Crippen LogP contribution >= 0.6 is 0 Å². The van der Waals surface area contributed by atoms with E-state index >= 15 is 0 Å². The molecule has 4 rings (SSSR count). The number of nitrogens with zero attached hydrogens (tertiary/aromatic N) is 3. The number of nitrogens with two attached hydrogens (primary N) is 2. The Balaban J connectivity index is 1.54. The molecule has 2 atom stereocenters. The number of aromatic nitrogens is 2. The van der Waals surface area contributed by atoms with Crippen LogP contribution in [0.5, 0.6) is 5.75 Å². The van der Waals surface area contributed by atoms with Gasteiger partial charge in [-0.3, -0.25) is 9.47 Å². The van der Waals surface area contributed by atoms with Crippen molar-refractivity contribution in [3.63, 3.8) is 0 Å². The first-order valence-electron chi connectivity index (χ1n) is 8.69. The number of nitrogen functional groups attached to an aromatic ring is 1. The third-order valence-corrected chi connectivity index (χ3v) is 5.21. The molecule has 0 amide bonds. The summed E-state index contributed by atoms with van der Waals surface area (Å²) in [6.45, 7) is 3.58. The fourth-order valence-electron chi connectivity index (χ4n) is 3.73. The van der Waals surface area contributed by atoms with Crippen LogP contribution in [-0.2, 0) is 6.42 Å². The van der Waals surface area contributed by atoms with E-state index in [1.165, 1.54) is 16.6 Å². The molecule has 2 aliphatic rings. The summed E-state index contributed by atoms with van der Waals surface area (Å²) in [6, 6.07) is 7.87. The van der Waals surface area contributed by atoms with E-state index in [1.807, 2.05) is 18.2 Å². The summed E-state index contributed by atoms with van der Waals surface area (Å²) in [6.07, 6.45) is 3.77. The highest BCUT2D eigenvalue weighted by Gasteiger charge is 2.31. The lowest BCUT2D eigenvalue weighted by Crippen LogP contribution is -2.42. The Morgan fingerprint density at radius 2 is 2.20 bits per heavy atom. The van der Waals surface area contributed by atoms with Gasteiger partial charge in [0.15, 0.2) is 0 Å². The number of hydrogen-bond donors (Lipinski definition) is 2. The van der Waals surface area contributed by atoms with Crippen LogP contribution in [0.2, 0.25) is 0 Å². The van der Waals surface area contributed by atoms with Crippen LogP contribution in [0.1, 0.15) is 12.0 Å². The SMILES string of the molecule is NC[C@@H]1CCN(C2COc3cc(-n4ccc(N)nc4=O)ccc3C2)C1. The first-order chi connectivity index (χ1) is 12.1. The standard InChI is InChI=1S/C18H23N5O2/c19-9-12-3-5-22(10-12)15-7-13-1-2-14(8-16(13)25-11-15)23-6-4-17(20)21-18(23)24/h1-2,4,6,8,12,15H,3,5,7,9-11,19H2,(H2,20,21,24)/t12-,15?/m0/s1. The van der Waals surface area contributed by atoms with Crippen molar-refractivity contribution in [2.75, 3.05) is 32.0 Å². The molecule has 1 aromatic carbocycles. The minimum Gasteiger partial charge on any atom is -0.492 e. The molecule has 3 heterocycles. The van der Waals surface area contributed by atoms with Crippen LogP contribution < -0.4 is 21.9 Å². The molecule has 4 N–H and O–H groups in total. The molecule has 25 heavy (non-hydrogen) atoms. The first-order valence-corrected chi connectivity index (χ1v) is 8.69. The largest absolute Gasteiger partial charge is 0.492 e. The molecule has 0 radical (unpaired) electrons. The molecule has 7 nitrogen and oxygen atoms in total. The van der Waals surface area contributed by atoms with Gasteiger partial charge < -0.3 is 16.2 Å². The Hall–Kier alpha value is -2.38. The molecular formula is C18H23N5O2. The van der Waals surface area contributed by atoms with Crippen molar-refractivity contribution in [3.8, 4) is 11.4 Å². The van der Waals surface area contributed by atoms with Crippen molar-refractivity contribution in [2.45, 2.75) is 18.9 Å². The van der Waals surface area contributed by atoms with E-state index in [0.29, 0.717) is 18.6 Å². The second-order valence-corrected chi connectivity index (χ2v) is 6.85. The number of ether oxygens (including phenoxy) is 1. The smallest absolute Gasteiger partial charge is 0.354 e. The van der Waals surface area contributed by atoms with Gasteiger partial charge in [-0.2, -0.15) is 4.98 Å². The second-order valence-electron chi connectivity index (χ2n) is 6.85. The van der Waals surface area contributed by atoms with Gasteiger partial charge in [-0.05, 0) is 49.5 Å². The molecule has 0 saturated carbocycles. The molecule has 1 fully saturated rings. The van der Waals surface area contributed by atoms with Gasteiger partial charge in [0.25, 0.3) is 0 Å². The van der Waals surface area contributed by atoms with E-state index in [2.05, 4.69) is 9.88 Å². The van der Waals surface area contributed by atoms with Gasteiger partial charge in [-0.1, -0.05) is 6.07 Å². The molecule has 1 unspecified atom stereocenters. The maximum atomic E-state index is 12.0. The normalized spacial score (nSPS) is 23.2. The van der Waals surface area contributed by atoms with Crippen LogP contribution in [-0.4, -0.2) is 46.7 Å². The lowest BCUT2D eigenvalue weighted by Gasteiger charge is -2.32. The minimum atomic E-state index is -0.390. The number of rotatable bonds is 3. The van der Waals surface area contributed by atoms with E-state index in [1.54, 1.807) is 12.3 Å². The van der Waals surface area contributed by atoms with Crippen molar-refractivity contribution >= 4 is 5.82 Å². The van der Waals surface area contributed by atoms with Gasteiger partial charge in [-0.15, -0.1) is 0 Å². The van der Waals surface area contributed by atoms with Gasteiger partial charge in [-0.25, -0.2) is 4.79 Å². The molecule has 2 aliphatic heterocycles. The zero-order valence-electron chi connectivity index (χ0n) is 14.1. The molecule has 0 spiro atoms. The monoisotopic (exact) mass is 341 g/mol. The Bertz CT molecular complexity index is 834. The number of anilines is 1. The van der Waals surface area contributed by atoms with E-state index < -0.39 is 5.69 Å². The third-order valence-electron chi connectivity index (χ3n) is 5.21. The summed E-state index contributed by atoms with van der Waals surface area (Å²) in [7, 11) is 0. The van der Waals surface area contributed by atoms with Gasteiger partial charge >= 0.3 is 5.69 Å². The summed E-state index contributed by atoms with van der Waals surface area (Å²) in [4.78, 5) is 18.3. The zero-order chi connectivity index (χ0) is 17.4. The number of fused-ring (bicyclic) bond motifs is 1. The van der Waals surface area contributed by atoms with E-state index in [4.69, 9.17) is 16.2 Å². The number of hydrogen-bond acceptors (Lipinski definition) is 6. The molecule has 2 aromatic rings. The maximum absolute atomic E-state index is 12.0. The van der Waals surface area contributed by atoms with Crippen molar-refractivity contribution in [1.29, 1.82) is 0 Å². The van der Waals surface area contributed by atoms with Crippen molar-refractivity contribution in [2.24, 2.45) is 11.7 Å². The maximum Gasteiger partial charge on any atom is 0.354 e. The van der Waals surface area contributed by atoms with E-state index in [0.717, 1.165) is 37.5 Å². The third kappa shape index (κ3) is 3.12. The van der Waals surface area contributed by atoms with Gasteiger partial charge in [0, 0.05) is 24.8 Å². The Morgan fingerprint density at radius 3 is 2.96 bits per heavy atom. The average molecular weight is 341 g/mol. The van der Waals surface area contributed by atoms with Crippen LogP contribution in [0.4, 0.5) is 5.82 Å². The van der Waals surface area contributed by atoms with Crippen molar-refractivity contribution in [3.05, 3.63) is 46.5 Å². The summed E-state index contributed by atoms with van der Waals surface area (Å²) in [5.74, 6) is 1.67. The fraction of sp³-hybridized carbons (Fsp3) is 0.444. The predicted octanol–water partition coefficient (Wildman–Crippen LogP) is 0.399. The van der Waals surface area contributed by atoms with Gasteiger partial charge in [0.1, 0.15) is 18.2 Å². The van der Waals surface area contributed by atoms with Gasteiger partial charge in [0.2, 0.25) is 0 Å². The zero-order valence-corrected chi connectivity index (χ0v) is 14.1. The molecule has 7 heteroatoms. The Labute approximate surface area is 146 Å². The Morgan fingerprint density at radius 1 is 1.32 bits per heavy atom. The van der Waals surface area contributed by atoms with Crippen molar-refractivity contribution in [1.82, 2.24) is 14.5 Å². The quantitative estimate of drug-likeness (QED) is 0.838. The summed E-state index contributed by atoms with van der Waals surface area (Å²) < 4.78 is 7.48. The predicted molar refractivity (Wildman–Crippen MR) is 96.0 cm³/mol. The number of likely N-dealkylation sites (tertiary alicyclic amines) is 1. The lowest BCUT2D eigenvalue weighted by molar-refractivity contribution is 0.138. The molecular weight excluding hydrogens is 318 g/mol. The molecule has 1 aromatic heterocycles. The summed E-state index contributed by atoms with van der Waals surface area (Å²) >= 11 is 0. The fourth-order valence-corrected chi connectivity index (χ4v) is 3.73. The summed E-state index contributed by atoms with van der Waals surface area (Å²) in [5.41, 5.74) is 12.9. The highest BCUT2D eigenvalue weighted by atomic mass is 16.5. The topological polar surface area (TPSA) is 99.4 Å². The Kier molecular flexibility index (Phi) is 4.19. The lowest BCUT2D eigenvalue weighted by atomic mass is 10.0. The van der Waals surface area contributed by atoms with E-state index in [-0.39, 0.29) is 5.82 Å². The van der Waals surface area contributed by atoms with Crippen LogP contribution in [0.25, 0.3) is 5.69 Å². The van der Waals surface area contributed by atoms with Gasteiger partial charge in [0.05, 0.1) is 5.69 Å². The average Bonchev–Trinajstić information content (AvgIpc) is 3.10. The highest BCUT2D eigenvalue weighted by Crippen LogP contribution is 2.30. The molecule has 132 valence electrons.